The summed E-state index contributed by atoms with van der Waals surface area (Å²) in [6.45, 7) is 0. The molecule has 0 spiro atoms. The van der Waals surface area contributed by atoms with E-state index in [2.05, 4.69) is 147 Å². The van der Waals surface area contributed by atoms with Crippen molar-refractivity contribution >= 4 is 65.4 Å². The van der Waals surface area contributed by atoms with Gasteiger partial charge in [-0.25, -0.2) is 9.97 Å². The zero-order chi connectivity index (χ0) is 51.7. The normalized spacial score (nSPS) is 11.3. The Hall–Kier alpha value is -11.4. The standard InChI is InChI=1S/C68H37N9/c69-38-42-17-29-64-56(33-42)54-13-5-7-15-62(54)76(64)50-27-31-66-58(35-50)59-36-51(77-63-16-8-6-14-55(63)57-34-43(39-70)18-30-65(57)77)28-32-67(59)75(66)49-25-23-45(24-26-49)44-19-21-46(22-20-44)60-37-61(52-11-3-1-9-47(52)40-71)74-68(73-60)53-12-4-2-10-48(53)41-72/h1-37H. The molecule has 0 aliphatic rings. The molecule has 10 aromatic carbocycles. The van der Waals surface area contributed by atoms with Crippen LogP contribution in [0.15, 0.2) is 224 Å². The summed E-state index contributed by atoms with van der Waals surface area (Å²) in [5.41, 5.74) is 17.0. The number of aromatic nitrogens is 5. The maximum absolute atomic E-state index is 10.0. The number of rotatable bonds is 7. The second-order valence-corrected chi connectivity index (χ2v) is 19.0. The van der Waals surface area contributed by atoms with Gasteiger partial charge in [0, 0.05) is 66.1 Å². The molecule has 0 radical (unpaired) electrons. The molecule has 0 aliphatic carbocycles. The van der Waals surface area contributed by atoms with E-state index in [1.165, 1.54) is 0 Å². The molecule has 4 heterocycles. The number of nitriles is 4. The van der Waals surface area contributed by atoms with Crippen molar-refractivity contribution in [2.75, 3.05) is 0 Å². The highest BCUT2D eigenvalue weighted by atomic mass is 15.0. The van der Waals surface area contributed by atoms with Crippen LogP contribution >= 0.6 is 0 Å². The first kappa shape index (κ1) is 44.3. The Bertz CT molecular complexity index is 4700. The van der Waals surface area contributed by atoms with Crippen molar-refractivity contribution in [3.05, 3.63) is 247 Å². The monoisotopic (exact) mass is 979 g/mol. The molecular formula is C68H37N9. The molecule has 4 aromatic heterocycles. The van der Waals surface area contributed by atoms with E-state index in [0.717, 1.165) is 99.2 Å². The van der Waals surface area contributed by atoms with Crippen molar-refractivity contribution in [1.29, 1.82) is 21.0 Å². The summed E-state index contributed by atoms with van der Waals surface area (Å²) in [5.74, 6) is 0.406. The largest absolute Gasteiger partial charge is 0.309 e. The van der Waals surface area contributed by atoms with E-state index in [4.69, 9.17) is 9.97 Å². The molecule has 0 aliphatic heterocycles. The third-order valence-electron chi connectivity index (χ3n) is 14.8. The zero-order valence-electron chi connectivity index (χ0n) is 40.9. The molecule has 0 saturated carbocycles. The number of hydrogen-bond donors (Lipinski definition) is 0. The van der Waals surface area contributed by atoms with Gasteiger partial charge in [0.2, 0.25) is 0 Å². The smallest absolute Gasteiger partial charge is 0.161 e. The van der Waals surface area contributed by atoms with Crippen molar-refractivity contribution in [2.45, 2.75) is 0 Å². The van der Waals surface area contributed by atoms with Gasteiger partial charge in [0.25, 0.3) is 0 Å². The summed E-state index contributed by atoms with van der Waals surface area (Å²) in [7, 11) is 0. The SMILES string of the molecule is N#Cc1ccc2c(c1)c1ccccc1n2-c1ccc2c(c1)c1cc(-n3c4ccccc4c4cc(C#N)ccc43)ccc1n2-c1ccc(-c2ccc(-c3cc(-c4ccccc4C#N)nc(-c4ccccc4C#N)n3)cc2)cc1. The van der Waals surface area contributed by atoms with Gasteiger partial charge in [0.1, 0.15) is 0 Å². The van der Waals surface area contributed by atoms with E-state index >= 15 is 0 Å². The molecular weight excluding hydrogens is 943 g/mol. The number of nitrogens with zero attached hydrogens (tertiary/aromatic N) is 9. The average molecular weight is 980 g/mol. The second kappa shape index (κ2) is 17.7. The number of para-hydroxylation sites is 2. The maximum Gasteiger partial charge on any atom is 0.161 e. The van der Waals surface area contributed by atoms with Gasteiger partial charge in [0.15, 0.2) is 5.82 Å². The van der Waals surface area contributed by atoms with Crippen molar-refractivity contribution in [3.63, 3.8) is 0 Å². The van der Waals surface area contributed by atoms with Gasteiger partial charge in [-0.05, 0) is 132 Å². The lowest BCUT2D eigenvalue weighted by atomic mass is 10.00. The Morgan fingerprint density at radius 3 is 1.21 bits per heavy atom. The minimum atomic E-state index is 0.406. The average Bonchev–Trinajstić information content (AvgIpc) is 4.30. The van der Waals surface area contributed by atoms with Gasteiger partial charge in [-0.3, -0.25) is 0 Å². The van der Waals surface area contributed by atoms with Gasteiger partial charge in [-0.15, -0.1) is 0 Å². The highest BCUT2D eigenvalue weighted by Gasteiger charge is 2.21. The minimum Gasteiger partial charge on any atom is -0.309 e. The lowest BCUT2D eigenvalue weighted by molar-refractivity contribution is 1.16. The van der Waals surface area contributed by atoms with Crippen molar-refractivity contribution < 1.29 is 0 Å². The zero-order valence-corrected chi connectivity index (χ0v) is 40.9. The summed E-state index contributed by atoms with van der Waals surface area (Å²) in [5, 5.41) is 46.1. The summed E-state index contributed by atoms with van der Waals surface area (Å²) in [6, 6.07) is 84.7. The Morgan fingerprint density at radius 2 is 0.675 bits per heavy atom. The molecule has 14 aromatic rings. The molecule has 0 bridgehead atoms. The summed E-state index contributed by atoms with van der Waals surface area (Å²) >= 11 is 0. The molecule has 77 heavy (non-hydrogen) atoms. The van der Waals surface area contributed by atoms with Crippen LogP contribution in [0.4, 0.5) is 0 Å². The van der Waals surface area contributed by atoms with E-state index in [0.29, 0.717) is 50.6 Å². The lowest BCUT2D eigenvalue weighted by Gasteiger charge is -2.12. The van der Waals surface area contributed by atoms with Gasteiger partial charge in [0.05, 0.1) is 91.0 Å². The molecule has 354 valence electrons. The fourth-order valence-electron chi connectivity index (χ4n) is 11.3. The molecule has 0 unspecified atom stereocenters. The number of hydrogen-bond acceptors (Lipinski definition) is 6. The van der Waals surface area contributed by atoms with Gasteiger partial charge >= 0.3 is 0 Å². The predicted molar refractivity (Wildman–Crippen MR) is 306 cm³/mol. The fraction of sp³-hybridized carbons (Fsp3) is 0. The second-order valence-electron chi connectivity index (χ2n) is 19.0. The van der Waals surface area contributed by atoms with E-state index in [9.17, 15) is 21.0 Å². The van der Waals surface area contributed by atoms with Gasteiger partial charge < -0.3 is 13.7 Å². The molecule has 0 amide bonds. The summed E-state index contributed by atoms with van der Waals surface area (Å²) in [4.78, 5) is 9.89. The van der Waals surface area contributed by atoms with Crippen LogP contribution in [0.2, 0.25) is 0 Å². The van der Waals surface area contributed by atoms with Crippen molar-refractivity contribution in [3.8, 4) is 86.4 Å². The lowest BCUT2D eigenvalue weighted by Crippen LogP contribution is -1.98. The van der Waals surface area contributed by atoms with Crippen LogP contribution < -0.4 is 0 Å². The van der Waals surface area contributed by atoms with Crippen LogP contribution in [0.1, 0.15) is 22.3 Å². The molecule has 0 saturated heterocycles. The quantitative estimate of drug-likeness (QED) is 0.156. The van der Waals surface area contributed by atoms with E-state index in [-0.39, 0.29) is 0 Å². The fourth-order valence-corrected chi connectivity index (χ4v) is 11.3. The Balaban J connectivity index is 0.896. The van der Waals surface area contributed by atoms with Crippen LogP contribution in [0, 0.1) is 45.3 Å². The topological polar surface area (TPSA) is 136 Å². The Kier molecular flexibility index (Phi) is 10.2. The molecule has 0 atom stereocenters. The molecule has 0 fully saturated rings. The highest BCUT2D eigenvalue weighted by molar-refractivity contribution is 6.14. The first-order valence-corrected chi connectivity index (χ1v) is 25.0. The van der Waals surface area contributed by atoms with Crippen molar-refractivity contribution in [2.24, 2.45) is 0 Å². The summed E-state index contributed by atoms with van der Waals surface area (Å²) in [6.07, 6.45) is 0. The van der Waals surface area contributed by atoms with Crippen molar-refractivity contribution in [1.82, 2.24) is 23.7 Å². The van der Waals surface area contributed by atoms with Crippen LogP contribution in [0.25, 0.3) is 128 Å². The minimum absolute atomic E-state index is 0.406. The van der Waals surface area contributed by atoms with E-state index in [1.807, 2.05) is 103 Å². The van der Waals surface area contributed by atoms with Crippen LogP contribution in [0.3, 0.4) is 0 Å². The third-order valence-corrected chi connectivity index (χ3v) is 14.8. The number of fused-ring (bicyclic) bond motifs is 9. The Labute approximate surface area is 441 Å². The molecule has 0 N–H and O–H groups in total. The van der Waals surface area contributed by atoms with Gasteiger partial charge in [-0.2, -0.15) is 21.0 Å². The Morgan fingerprint density at radius 1 is 0.286 bits per heavy atom. The first-order valence-electron chi connectivity index (χ1n) is 25.0. The number of benzene rings is 10. The van der Waals surface area contributed by atoms with Crippen LogP contribution in [-0.2, 0) is 0 Å². The molecule has 9 heteroatoms. The van der Waals surface area contributed by atoms with Crippen LogP contribution in [-0.4, -0.2) is 23.7 Å². The molecule has 9 nitrogen and oxygen atoms in total. The maximum atomic E-state index is 10.0. The van der Waals surface area contributed by atoms with Gasteiger partial charge in [-0.1, -0.05) is 103 Å². The van der Waals surface area contributed by atoms with Crippen LogP contribution in [0.5, 0.6) is 0 Å². The van der Waals surface area contributed by atoms with E-state index in [1.54, 1.807) is 12.1 Å². The third kappa shape index (κ3) is 7.13. The summed E-state index contributed by atoms with van der Waals surface area (Å²) < 4.78 is 6.92. The predicted octanol–water partition coefficient (Wildman–Crippen LogP) is 15.9. The highest BCUT2D eigenvalue weighted by Crippen LogP contribution is 2.41. The van der Waals surface area contributed by atoms with E-state index < -0.39 is 0 Å². The first-order chi connectivity index (χ1) is 38.0. The molecule has 14 rings (SSSR count).